The van der Waals surface area contributed by atoms with Crippen LogP contribution >= 0.6 is 0 Å². The van der Waals surface area contributed by atoms with Gasteiger partial charge < -0.3 is 9.42 Å². The fourth-order valence-corrected chi connectivity index (χ4v) is 3.62. The molecule has 0 saturated heterocycles. The van der Waals surface area contributed by atoms with Gasteiger partial charge in [-0.05, 0) is 24.3 Å². The van der Waals surface area contributed by atoms with Crippen molar-refractivity contribution in [3.8, 4) is 22.6 Å². The average molecular weight is 388 g/mol. The lowest BCUT2D eigenvalue weighted by atomic mass is 10.0. The summed E-state index contributed by atoms with van der Waals surface area (Å²) in [7, 11) is 0. The van der Waals surface area contributed by atoms with Gasteiger partial charge in [-0.3, -0.25) is 0 Å². The van der Waals surface area contributed by atoms with Crippen LogP contribution in [0.3, 0.4) is 0 Å². The molecular formula is C27H20N2O. The lowest BCUT2D eigenvalue weighted by Gasteiger charge is -2.25. The van der Waals surface area contributed by atoms with Gasteiger partial charge in [0.1, 0.15) is 11.4 Å². The molecule has 0 amide bonds. The smallest absolute Gasteiger partial charge is 0.191 e. The molecule has 0 fully saturated rings. The summed E-state index contributed by atoms with van der Waals surface area (Å²) < 4.78 is 5.97. The van der Waals surface area contributed by atoms with E-state index in [4.69, 9.17) is 4.52 Å². The number of nitrogens with zero attached hydrogens (tertiary/aromatic N) is 2. The first-order valence-electron chi connectivity index (χ1n) is 9.92. The number of benzene rings is 4. The number of hydrogen-bond donors (Lipinski definition) is 0. The maximum atomic E-state index is 5.97. The fraction of sp³-hybridized carbons (Fsp3) is 0. The third-order valence-electron chi connectivity index (χ3n) is 5.00. The molecule has 5 aromatic rings. The van der Waals surface area contributed by atoms with Gasteiger partial charge in [-0.15, -0.1) is 0 Å². The first-order chi connectivity index (χ1) is 14.9. The molecule has 0 spiro atoms. The molecule has 0 atom stereocenters. The van der Waals surface area contributed by atoms with E-state index in [0.29, 0.717) is 0 Å². The van der Waals surface area contributed by atoms with E-state index in [1.165, 1.54) is 0 Å². The summed E-state index contributed by atoms with van der Waals surface area (Å²) in [6, 6.07) is 40.9. The molecule has 5 rings (SSSR count). The van der Waals surface area contributed by atoms with Crippen molar-refractivity contribution in [2.45, 2.75) is 0 Å². The van der Waals surface area contributed by atoms with Gasteiger partial charge in [-0.1, -0.05) is 102 Å². The van der Waals surface area contributed by atoms with Crippen LogP contribution in [0.15, 0.2) is 126 Å². The summed E-state index contributed by atoms with van der Waals surface area (Å²) in [5.74, 6) is 0.738. The minimum Gasteiger partial charge on any atom is -0.353 e. The van der Waals surface area contributed by atoms with Crippen LogP contribution in [0, 0.1) is 0 Å². The molecule has 0 aliphatic carbocycles. The molecule has 144 valence electrons. The maximum Gasteiger partial charge on any atom is 0.191 e. The van der Waals surface area contributed by atoms with E-state index < -0.39 is 0 Å². The van der Waals surface area contributed by atoms with Crippen molar-refractivity contribution >= 4 is 17.1 Å². The summed E-state index contributed by atoms with van der Waals surface area (Å²) in [5, 5.41) is 4.52. The fourth-order valence-electron chi connectivity index (χ4n) is 3.62. The molecule has 1 heterocycles. The second-order valence-corrected chi connectivity index (χ2v) is 6.95. The Balaban J connectivity index is 1.81. The Morgan fingerprint density at radius 2 is 0.933 bits per heavy atom. The van der Waals surface area contributed by atoms with Crippen molar-refractivity contribution in [3.05, 3.63) is 121 Å². The Morgan fingerprint density at radius 3 is 1.43 bits per heavy atom. The molecule has 0 saturated carbocycles. The number of rotatable bonds is 5. The Hall–Kier alpha value is -4.11. The minimum atomic E-state index is 0.738. The van der Waals surface area contributed by atoms with Gasteiger partial charge >= 0.3 is 0 Å². The van der Waals surface area contributed by atoms with Crippen molar-refractivity contribution < 1.29 is 4.52 Å². The molecule has 0 aliphatic heterocycles. The molecule has 3 nitrogen and oxygen atoms in total. The predicted octanol–water partition coefficient (Wildman–Crippen LogP) is 7.48. The van der Waals surface area contributed by atoms with Crippen molar-refractivity contribution in [1.82, 2.24) is 5.16 Å². The minimum absolute atomic E-state index is 0.738. The van der Waals surface area contributed by atoms with Crippen molar-refractivity contribution in [1.29, 1.82) is 0 Å². The second-order valence-electron chi connectivity index (χ2n) is 6.95. The summed E-state index contributed by atoms with van der Waals surface area (Å²) >= 11 is 0. The van der Waals surface area contributed by atoms with Crippen LogP contribution in [-0.2, 0) is 0 Å². The van der Waals surface area contributed by atoms with E-state index >= 15 is 0 Å². The Morgan fingerprint density at radius 1 is 0.500 bits per heavy atom. The van der Waals surface area contributed by atoms with Gasteiger partial charge in [0.15, 0.2) is 5.76 Å². The first kappa shape index (κ1) is 18.0. The Labute approximate surface area is 175 Å². The zero-order valence-corrected chi connectivity index (χ0v) is 16.3. The van der Waals surface area contributed by atoms with Crippen molar-refractivity contribution in [2.75, 3.05) is 4.90 Å². The number of para-hydroxylation sites is 2. The number of hydrogen-bond acceptors (Lipinski definition) is 3. The highest BCUT2D eigenvalue weighted by Crippen LogP contribution is 2.46. The zero-order valence-electron chi connectivity index (χ0n) is 16.3. The first-order valence-corrected chi connectivity index (χ1v) is 9.92. The average Bonchev–Trinajstić information content (AvgIpc) is 3.26. The van der Waals surface area contributed by atoms with Crippen LogP contribution in [0.25, 0.3) is 22.6 Å². The van der Waals surface area contributed by atoms with Gasteiger partial charge in [0.2, 0.25) is 0 Å². The van der Waals surface area contributed by atoms with Gasteiger partial charge in [-0.25, -0.2) is 0 Å². The molecule has 0 aliphatic rings. The summed E-state index contributed by atoms with van der Waals surface area (Å²) in [5.41, 5.74) is 5.81. The molecule has 0 unspecified atom stereocenters. The van der Waals surface area contributed by atoms with Crippen molar-refractivity contribution in [2.24, 2.45) is 0 Å². The summed E-state index contributed by atoms with van der Waals surface area (Å²) in [6.07, 6.45) is 0. The lowest BCUT2D eigenvalue weighted by Crippen LogP contribution is -2.11. The zero-order chi connectivity index (χ0) is 20.2. The molecular weight excluding hydrogens is 368 g/mol. The van der Waals surface area contributed by atoms with Crippen LogP contribution in [-0.4, -0.2) is 5.16 Å². The monoisotopic (exact) mass is 388 g/mol. The number of aromatic nitrogens is 1. The van der Waals surface area contributed by atoms with Crippen molar-refractivity contribution in [3.63, 3.8) is 0 Å². The van der Waals surface area contributed by atoms with E-state index in [0.717, 1.165) is 39.6 Å². The van der Waals surface area contributed by atoms with E-state index in [9.17, 15) is 0 Å². The highest BCUT2D eigenvalue weighted by atomic mass is 16.5. The molecule has 0 radical (unpaired) electrons. The highest BCUT2D eigenvalue weighted by molar-refractivity contribution is 5.93. The van der Waals surface area contributed by atoms with Crippen LogP contribution in [0.2, 0.25) is 0 Å². The molecule has 0 N–H and O–H groups in total. The molecule has 3 heteroatoms. The van der Waals surface area contributed by atoms with Gasteiger partial charge in [0.25, 0.3) is 0 Å². The summed E-state index contributed by atoms with van der Waals surface area (Å²) in [6.45, 7) is 0. The third kappa shape index (κ3) is 3.38. The molecule has 30 heavy (non-hydrogen) atoms. The SMILES string of the molecule is c1ccc(-c2noc(-c3ccccc3)c2N(c2ccccc2)c2ccccc2)cc1. The van der Waals surface area contributed by atoms with Gasteiger partial charge in [0.05, 0.1) is 0 Å². The normalized spacial score (nSPS) is 10.7. The summed E-state index contributed by atoms with van der Waals surface area (Å²) in [4.78, 5) is 2.21. The van der Waals surface area contributed by atoms with Crippen LogP contribution in [0.4, 0.5) is 17.1 Å². The molecule has 4 aromatic carbocycles. The van der Waals surface area contributed by atoms with E-state index in [1.54, 1.807) is 0 Å². The highest BCUT2D eigenvalue weighted by Gasteiger charge is 2.26. The number of anilines is 3. The largest absolute Gasteiger partial charge is 0.353 e. The topological polar surface area (TPSA) is 29.3 Å². The quantitative estimate of drug-likeness (QED) is 0.312. The van der Waals surface area contributed by atoms with E-state index in [2.05, 4.69) is 46.5 Å². The Kier molecular flexibility index (Phi) is 4.84. The van der Waals surface area contributed by atoms with Gasteiger partial charge in [0, 0.05) is 22.5 Å². The lowest BCUT2D eigenvalue weighted by molar-refractivity contribution is 0.435. The predicted molar refractivity (Wildman–Crippen MR) is 122 cm³/mol. The Bertz CT molecular complexity index is 1120. The third-order valence-corrected chi connectivity index (χ3v) is 5.00. The molecule has 0 bridgehead atoms. The van der Waals surface area contributed by atoms with E-state index in [-0.39, 0.29) is 0 Å². The van der Waals surface area contributed by atoms with Gasteiger partial charge in [-0.2, -0.15) is 0 Å². The van der Waals surface area contributed by atoms with Crippen LogP contribution < -0.4 is 4.90 Å². The standard InChI is InChI=1S/C27H20N2O/c1-5-13-21(14-6-1)25-26(27(30-28-25)22-15-7-2-8-16-22)29(23-17-9-3-10-18-23)24-19-11-4-12-20-24/h1-20H. The van der Waals surface area contributed by atoms with Crippen LogP contribution in [0.1, 0.15) is 0 Å². The molecule has 1 aromatic heterocycles. The second kappa shape index (κ2) is 8.10. The van der Waals surface area contributed by atoms with E-state index in [1.807, 2.05) is 84.9 Å². The maximum absolute atomic E-state index is 5.97. The van der Waals surface area contributed by atoms with Crippen LogP contribution in [0.5, 0.6) is 0 Å².